The summed E-state index contributed by atoms with van der Waals surface area (Å²) in [6.07, 6.45) is -0.616. The molecule has 1 unspecified atom stereocenters. The van der Waals surface area contributed by atoms with Crippen molar-refractivity contribution in [3.8, 4) is 11.8 Å². The standard InChI is InChI=1S/C27H23F2N5O3/c1-17-30-11-10-22(31-17)32-12-13-33-26(37)34(23(35)16-27(33,2)25(32)36)24-20(28)14-19(15-21(24)29)9-8-18-6-4-3-5-7-18/h3-7,10-11,14-15,26,37H,12-13,16H2,1-2H3/t26?,27-/m0/s1. The quantitative estimate of drug-likeness (QED) is 0.541. The van der Waals surface area contributed by atoms with Crippen molar-refractivity contribution in [2.24, 2.45) is 0 Å². The van der Waals surface area contributed by atoms with Gasteiger partial charge < -0.3 is 5.11 Å². The molecule has 2 fully saturated rings. The van der Waals surface area contributed by atoms with Crippen LogP contribution < -0.4 is 9.80 Å². The van der Waals surface area contributed by atoms with Gasteiger partial charge in [0.1, 0.15) is 22.9 Å². The van der Waals surface area contributed by atoms with Crippen molar-refractivity contribution in [2.45, 2.75) is 32.2 Å². The second-order valence-electron chi connectivity index (χ2n) is 9.08. The number of hydrogen-bond acceptors (Lipinski definition) is 6. The van der Waals surface area contributed by atoms with Gasteiger partial charge in [-0.05, 0) is 44.2 Å². The molecule has 0 bridgehead atoms. The van der Waals surface area contributed by atoms with Gasteiger partial charge in [0.2, 0.25) is 11.8 Å². The van der Waals surface area contributed by atoms with Crippen LogP contribution in [0.1, 0.15) is 30.3 Å². The fourth-order valence-electron chi connectivity index (χ4n) is 4.75. The predicted molar refractivity (Wildman–Crippen MR) is 131 cm³/mol. The number of rotatable bonds is 2. The molecule has 0 radical (unpaired) electrons. The first-order chi connectivity index (χ1) is 17.7. The van der Waals surface area contributed by atoms with Gasteiger partial charge in [0, 0.05) is 30.4 Å². The zero-order valence-corrected chi connectivity index (χ0v) is 20.2. The van der Waals surface area contributed by atoms with Crippen molar-refractivity contribution in [1.82, 2.24) is 14.9 Å². The van der Waals surface area contributed by atoms with Crippen LogP contribution in [0.3, 0.4) is 0 Å². The van der Waals surface area contributed by atoms with Gasteiger partial charge in [0.05, 0.1) is 6.42 Å². The lowest BCUT2D eigenvalue weighted by Crippen LogP contribution is -2.74. The molecule has 0 saturated carbocycles. The number of hydrogen-bond donors (Lipinski definition) is 1. The number of nitrogens with zero attached hydrogens (tertiary/aromatic N) is 5. The van der Waals surface area contributed by atoms with Crippen LogP contribution in [0.2, 0.25) is 0 Å². The molecule has 1 N–H and O–H groups in total. The molecule has 5 rings (SSSR count). The number of carbonyl (C=O) groups excluding carboxylic acids is 2. The average Bonchev–Trinajstić information content (AvgIpc) is 2.86. The summed E-state index contributed by atoms with van der Waals surface area (Å²) in [6, 6.07) is 12.6. The minimum atomic E-state index is -1.75. The minimum Gasteiger partial charge on any atom is -0.360 e. The highest BCUT2D eigenvalue weighted by molar-refractivity contribution is 6.06. The normalized spacial score (nSPS) is 21.9. The van der Waals surface area contributed by atoms with E-state index in [1.165, 1.54) is 22.9 Å². The van der Waals surface area contributed by atoms with Gasteiger partial charge >= 0.3 is 0 Å². The monoisotopic (exact) mass is 503 g/mol. The summed E-state index contributed by atoms with van der Waals surface area (Å²) in [5, 5.41) is 11.1. The number of aliphatic hydroxyl groups excluding tert-OH is 1. The Kier molecular flexibility index (Phi) is 6.19. The third-order valence-electron chi connectivity index (χ3n) is 6.60. The van der Waals surface area contributed by atoms with Crippen molar-refractivity contribution in [2.75, 3.05) is 22.9 Å². The van der Waals surface area contributed by atoms with Gasteiger partial charge in [-0.3, -0.25) is 19.4 Å². The van der Waals surface area contributed by atoms with Gasteiger partial charge in [-0.15, -0.1) is 0 Å². The van der Waals surface area contributed by atoms with E-state index in [1.54, 1.807) is 37.3 Å². The van der Waals surface area contributed by atoms with Gasteiger partial charge in [-0.1, -0.05) is 30.0 Å². The van der Waals surface area contributed by atoms with Gasteiger partial charge in [-0.2, -0.15) is 0 Å². The Balaban J connectivity index is 1.44. The lowest BCUT2D eigenvalue weighted by Gasteiger charge is -2.54. The molecule has 188 valence electrons. The summed E-state index contributed by atoms with van der Waals surface area (Å²) in [5.74, 6) is 3.07. The Morgan fingerprint density at radius 1 is 1.03 bits per heavy atom. The van der Waals surface area contributed by atoms with E-state index < -0.39 is 47.4 Å². The first-order valence-electron chi connectivity index (χ1n) is 11.6. The van der Waals surface area contributed by atoms with E-state index in [-0.39, 0.29) is 18.7 Å². The summed E-state index contributed by atoms with van der Waals surface area (Å²) in [6.45, 7) is 3.52. The molecule has 3 heterocycles. The zero-order chi connectivity index (χ0) is 26.3. The largest absolute Gasteiger partial charge is 0.360 e. The second kappa shape index (κ2) is 9.35. The van der Waals surface area contributed by atoms with Gasteiger partial charge in [0.25, 0.3) is 0 Å². The Morgan fingerprint density at radius 2 is 1.70 bits per heavy atom. The molecular formula is C27H23F2N5O3. The number of halogens is 2. The molecule has 2 atom stereocenters. The molecule has 2 saturated heterocycles. The topological polar surface area (TPSA) is 89.9 Å². The average molecular weight is 504 g/mol. The highest BCUT2D eigenvalue weighted by atomic mass is 19.1. The SMILES string of the molecule is Cc1nccc(N2CCN3C(O)N(c4c(F)cc(C#Cc5ccccc5)cc4F)C(=O)C[C@@]3(C)C2=O)n1. The number of carbonyl (C=O) groups is 2. The molecule has 37 heavy (non-hydrogen) atoms. The summed E-state index contributed by atoms with van der Waals surface area (Å²) in [5.41, 5.74) is -1.37. The molecule has 0 aliphatic carbocycles. The molecule has 2 aromatic carbocycles. The Bertz CT molecular complexity index is 1430. The predicted octanol–water partition coefficient (Wildman–Crippen LogP) is 2.58. The maximum atomic E-state index is 15.2. The summed E-state index contributed by atoms with van der Waals surface area (Å²) >= 11 is 0. The summed E-state index contributed by atoms with van der Waals surface area (Å²) < 4.78 is 30.3. The number of aryl methyl sites for hydroxylation is 1. The van der Waals surface area contributed by atoms with Crippen molar-refractivity contribution in [3.63, 3.8) is 0 Å². The number of fused-ring (bicyclic) bond motifs is 1. The van der Waals surface area contributed by atoms with E-state index in [4.69, 9.17) is 0 Å². The molecule has 2 amide bonds. The molecule has 8 nitrogen and oxygen atoms in total. The van der Waals surface area contributed by atoms with Crippen molar-refractivity contribution < 1.29 is 23.5 Å². The Labute approximate surface area is 212 Å². The van der Waals surface area contributed by atoms with Gasteiger partial charge in [-0.25, -0.2) is 23.6 Å². The molecular weight excluding hydrogens is 480 g/mol. The molecule has 10 heteroatoms. The smallest absolute Gasteiger partial charge is 0.249 e. The first kappa shape index (κ1) is 24.5. The van der Waals surface area contributed by atoms with Crippen molar-refractivity contribution in [1.29, 1.82) is 0 Å². The molecule has 0 spiro atoms. The third kappa shape index (κ3) is 4.33. The zero-order valence-electron chi connectivity index (χ0n) is 20.2. The van der Waals surface area contributed by atoms with E-state index in [1.807, 2.05) is 6.07 Å². The number of amides is 2. The van der Waals surface area contributed by atoms with E-state index in [9.17, 15) is 14.7 Å². The second-order valence-corrected chi connectivity index (χ2v) is 9.08. The fraction of sp³-hybridized carbons (Fsp3) is 0.259. The molecule has 2 aliphatic rings. The number of aliphatic hydroxyl groups is 1. The lowest BCUT2D eigenvalue weighted by atomic mass is 9.88. The number of anilines is 2. The highest BCUT2D eigenvalue weighted by Crippen LogP contribution is 2.39. The van der Waals surface area contributed by atoms with E-state index in [2.05, 4.69) is 21.8 Å². The van der Waals surface area contributed by atoms with Crippen molar-refractivity contribution in [3.05, 3.63) is 83.3 Å². The van der Waals surface area contributed by atoms with Crippen LogP contribution in [0.4, 0.5) is 20.3 Å². The van der Waals surface area contributed by atoms with Gasteiger partial charge in [0.15, 0.2) is 18.0 Å². The van der Waals surface area contributed by atoms with Crippen LogP contribution in [0, 0.1) is 30.4 Å². The fourth-order valence-corrected chi connectivity index (χ4v) is 4.75. The van der Waals surface area contributed by atoms with E-state index in [0.717, 1.165) is 12.1 Å². The Hall–Kier alpha value is -4.20. The van der Waals surface area contributed by atoms with Crippen LogP contribution in [0.15, 0.2) is 54.7 Å². The lowest BCUT2D eigenvalue weighted by molar-refractivity contribution is -0.160. The van der Waals surface area contributed by atoms with Crippen LogP contribution in [-0.4, -0.2) is 56.8 Å². The van der Waals surface area contributed by atoms with Crippen LogP contribution >= 0.6 is 0 Å². The van der Waals surface area contributed by atoms with Crippen LogP contribution in [0.5, 0.6) is 0 Å². The van der Waals surface area contributed by atoms with Crippen LogP contribution in [0.25, 0.3) is 0 Å². The molecule has 1 aromatic heterocycles. The molecule has 2 aliphatic heterocycles. The first-order valence-corrected chi connectivity index (χ1v) is 11.6. The highest BCUT2D eigenvalue weighted by Gasteiger charge is 2.56. The molecule has 3 aromatic rings. The number of aromatic nitrogens is 2. The van der Waals surface area contributed by atoms with E-state index in [0.29, 0.717) is 22.1 Å². The van der Waals surface area contributed by atoms with Crippen LogP contribution in [-0.2, 0) is 9.59 Å². The number of piperazine rings is 1. The maximum Gasteiger partial charge on any atom is 0.249 e. The number of benzene rings is 2. The van der Waals surface area contributed by atoms with E-state index >= 15 is 8.78 Å². The summed E-state index contributed by atoms with van der Waals surface area (Å²) in [4.78, 5) is 38.5. The third-order valence-corrected chi connectivity index (χ3v) is 6.60. The maximum absolute atomic E-state index is 15.2. The van der Waals surface area contributed by atoms with Crippen molar-refractivity contribution >= 4 is 23.3 Å². The Morgan fingerprint density at radius 3 is 2.38 bits per heavy atom. The minimum absolute atomic E-state index is 0.0790. The summed E-state index contributed by atoms with van der Waals surface area (Å²) in [7, 11) is 0.